The fourth-order valence-electron chi connectivity index (χ4n) is 2.26. The lowest BCUT2D eigenvalue weighted by Gasteiger charge is -2.15. The van der Waals surface area contributed by atoms with Crippen LogP contribution >= 0.6 is 0 Å². The second-order valence-electron chi connectivity index (χ2n) is 4.86. The Labute approximate surface area is 112 Å². The van der Waals surface area contributed by atoms with E-state index in [1.165, 1.54) is 6.07 Å². The van der Waals surface area contributed by atoms with Gasteiger partial charge in [-0.2, -0.15) is 5.26 Å². The van der Waals surface area contributed by atoms with E-state index in [1.807, 2.05) is 26.8 Å². The first-order valence-electron chi connectivity index (χ1n) is 6.19. The highest BCUT2D eigenvalue weighted by atomic mass is 19.1. The highest BCUT2D eigenvalue weighted by molar-refractivity contribution is 5.69. The third kappa shape index (κ3) is 2.63. The maximum atomic E-state index is 13.8. The standard InChI is InChI=1S/C16H15FN2/c1-10(2)15-7-13(17)8-16(11(15)3)12-4-5-19-14(6-12)9-18/h4-8,10H,1-3H3. The lowest BCUT2D eigenvalue weighted by molar-refractivity contribution is 0.623. The third-order valence-electron chi connectivity index (χ3n) is 3.22. The molecule has 2 aromatic rings. The number of rotatable bonds is 2. The maximum Gasteiger partial charge on any atom is 0.141 e. The van der Waals surface area contributed by atoms with Crippen molar-refractivity contribution in [2.75, 3.05) is 0 Å². The van der Waals surface area contributed by atoms with Crippen LogP contribution in [-0.2, 0) is 0 Å². The van der Waals surface area contributed by atoms with E-state index in [2.05, 4.69) is 4.98 Å². The van der Waals surface area contributed by atoms with Gasteiger partial charge in [0.1, 0.15) is 17.6 Å². The summed E-state index contributed by atoms with van der Waals surface area (Å²) in [7, 11) is 0. The Hall–Kier alpha value is -2.21. The first-order chi connectivity index (χ1) is 9.02. The lowest BCUT2D eigenvalue weighted by Crippen LogP contribution is -1.97. The van der Waals surface area contributed by atoms with E-state index in [4.69, 9.17) is 5.26 Å². The van der Waals surface area contributed by atoms with Crippen molar-refractivity contribution in [2.45, 2.75) is 26.7 Å². The SMILES string of the molecule is Cc1c(-c2ccnc(C#N)c2)cc(F)cc1C(C)C. The van der Waals surface area contributed by atoms with Gasteiger partial charge in [0.15, 0.2) is 0 Å². The van der Waals surface area contributed by atoms with Crippen LogP contribution in [0.25, 0.3) is 11.1 Å². The number of halogens is 1. The normalized spacial score (nSPS) is 10.5. The van der Waals surface area contributed by atoms with Crippen LogP contribution in [0.3, 0.4) is 0 Å². The van der Waals surface area contributed by atoms with Crippen molar-refractivity contribution in [2.24, 2.45) is 0 Å². The van der Waals surface area contributed by atoms with Gasteiger partial charge in [-0.3, -0.25) is 0 Å². The molecule has 0 unspecified atom stereocenters. The molecule has 0 saturated carbocycles. The Morgan fingerprint density at radius 3 is 2.63 bits per heavy atom. The molecule has 0 aliphatic heterocycles. The zero-order valence-electron chi connectivity index (χ0n) is 11.2. The van der Waals surface area contributed by atoms with Gasteiger partial charge in [0, 0.05) is 6.20 Å². The quantitative estimate of drug-likeness (QED) is 0.805. The van der Waals surface area contributed by atoms with E-state index >= 15 is 0 Å². The molecule has 0 aliphatic rings. The average Bonchev–Trinajstić information content (AvgIpc) is 2.40. The van der Waals surface area contributed by atoms with Gasteiger partial charge in [-0.1, -0.05) is 13.8 Å². The van der Waals surface area contributed by atoms with Crippen LogP contribution in [0.4, 0.5) is 4.39 Å². The summed E-state index contributed by atoms with van der Waals surface area (Å²) in [5, 5.41) is 8.89. The molecule has 96 valence electrons. The molecular formula is C16H15FN2. The summed E-state index contributed by atoms with van der Waals surface area (Å²) in [4.78, 5) is 3.94. The molecule has 0 aliphatic carbocycles. The van der Waals surface area contributed by atoms with E-state index in [0.717, 1.165) is 22.3 Å². The summed E-state index contributed by atoms with van der Waals surface area (Å²) in [6.45, 7) is 6.06. The molecule has 0 radical (unpaired) electrons. The van der Waals surface area contributed by atoms with E-state index in [1.54, 1.807) is 24.4 Å². The summed E-state index contributed by atoms with van der Waals surface area (Å²) in [5.41, 5.74) is 4.03. The number of pyridine rings is 1. The molecule has 0 fully saturated rings. The number of benzene rings is 1. The Bertz CT molecular complexity index is 654. The predicted octanol–water partition coefficient (Wildman–Crippen LogP) is 4.19. The summed E-state index contributed by atoms with van der Waals surface area (Å²) in [6, 6.07) is 8.58. The summed E-state index contributed by atoms with van der Waals surface area (Å²) >= 11 is 0. The van der Waals surface area contributed by atoms with Crippen LogP contribution < -0.4 is 0 Å². The molecule has 1 aromatic carbocycles. The van der Waals surface area contributed by atoms with Crippen molar-refractivity contribution in [3.8, 4) is 17.2 Å². The van der Waals surface area contributed by atoms with Gasteiger partial charge in [0.05, 0.1) is 0 Å². The summed E-state index contributed by atoms with van der Waals surface area (Å²) in [6.07, 6.45) is 1.58. The second kappa shape index (κ2) is 5.19. The summed E-state index contributed by atoms with van der Waals surface area (Å²) < 4.78 is 13.8. The fraction of sp³-hybridized carbons (Fsp3) is 0.250. The number of hydrogen-bond acceptors (Lipinski definition) is 2. The molecule has 0 spiro atoms. The van der Waals surface area contributed by atoms with Gasteiger partial charge in [-0.25, -0.2) is 9.37 Å². The summed E-state index contributed by atoms with van der Waals surface area (Å²) in [5.74, 6) is 0.00587. The van der Waals surface area contributed by atoms with Gasteiger partial charge in [0.25, 0.3) is 0 Å². The van der Waals surface area contributed by atoms with Gasteiger partial charge in [-0.05, 0) is 59.4 Å². The van der Waals surface area contributed by atoms with Crippen LogP contribution in [0.1, 0.15) is 36.6 Å². The molecule has 0 bridgehead atoms. The minimum atomic E-state index is -0.250. The van der Waals surface area contributed by atoms with E-state index in [-0.39, 0.29) is 11.7 Å². The van der Waals surface area contributed by atoms with Gasteiger partial charge >= 0.3 is 0 Å². The fourth-order valence-corrected chi connectivity index (χ4v) is 2.26. The van der Waals surface area contributed by atoms with Crippen molar-refractivity contribution in [3.05, 3.63) is 53.1 Å². The second-order valence-corrected chi connectivity index (χ2v) is 4.86. The maximum absolute atomic E-state index is 13.8. The smallest absolute Gasteiger partial charge is 0.141 e. The van der Waals surface area contributed by atoms with E-state index in [9.17, 15) is 4.39 Å². The molecule has 0 N–H and O–H groups in total. The zero-order chi connectivity index (χ0) is 14.0. The average molecular weight is 254 g/mol. The first kappa shape index (κ1) is 13.2. The Morgan fingerprint density at radius 2 is 2.00 bits per heavy atom. The van der Waals surface area contributed by atoms with E-state index < -0.39 is 0 Å². The Balaban J connectivity index is 2.65. The molecule has 0 saturated heterocycles. The van der Waals surface area contributed by atoms with Crippen molar-refractivity contribution >= 4 is 0 Å². The molecule has 2 rings (SSSR count). The largest absolute Gasteiger partial charge is 0.246 e. The molecule has 1 aromatic heterocycles. The van der Waals surface area contributed by atoms with Gasteiger partial charge < -0.3 is 0 Å². The Morgan fingerprint density at radius 1 is 1.26 bits per heavy atom. The van der Waals surface area contributed by atoms with Gasteiger partial charge in [0.2, 0.25) is 0 Å². The predicted molar refractivity (Wildman–Crippen MR) is 73.2 cm³/mol. The number of nitriles is 1. The monoisotopic (exact) mass is 254 g/mol. The van der Waals surface area contributed by atoms with Crippen LogP contribution in [-0.4, -0.2) is 4.98 Å². The Kier molecular flexibility index (Phi) is 3.62. The highest BCUT2D eigenvalue weighted by Crippen LogP contribution is 2.30. The number of aromatic nitrogens is 1. The molecule has 3 heteroatoms. The molecule has 0 amide bonds. The number of nitrogens with zero attached hydrogens (tertiary/aromatic N) is 2. The van der Waals surface area contributed by atoms with Crippen molar-refractivity contribution in [1.29, 1.82) is 5.26 Å². The van der Waals surface area contributed by atoms with Crippen LogP contribution in [0.2, 0.25) is 0 Å². The van der Waals surface area contributed by atoms with Crippen molar-refractivity contribution in [1.82, 2.24) is 4.98 Å². The third-order valence-corrected chi connectivity index (χ3v) is 3.22. The topological polar surface area (TPSA) is 36.7 Å². The van der Waals surface area contributed by atoms with Crippen LogP contribution in [0.15, 0.2) is 30.5 Å². The molecule has 2 nitrogen and oxygen atoms in total. The number of hydrogen-bond donors (Lipinski definition) is 0. The molecule has 19 heavy (non-hydrogen) atoms. The lowest BCUT2D eigenvalue weighted by atomic mass is 9.91. The van der Waals surface area contributed by atoms with Crippen molar-refractivity contribution in [3.63, 3.8) is 0 Å². The van der Waals surface area contributed by atoms with Crippen molar-refractivity contribution < 1.29 is 4.39 Å². The minimum absolute atomic E-state index is 0.250. The van der Waals surface area contributed by atoms with Gasteiger partial charge in [-0.15, -0.1) is 0 Å². The molecular weight excluding hydrogens is 239 g/mol. The first-order valence-corrected chi connectivity index (χ1v) is 6.19. The molecule has 1 heterocycles. The van der Waals surface area contributed by atoms with E-state index in [0.29, 0.717) is 5.69 Å². The molecule has 0 atom stereocenters. The van der Waals surface area contributed by atoms with Crippen LogP contribution in [0.5, 0.6) is 0 Å². The highest BCUT2D eigenvalue weighted by Gasteiger charge is 2.12. The van der Waals surface area contributed by atoms with Crippen LogP contribution in [0, 0.1) is 24.1 Å². The zero-order valence-corrected chi connectivity index (χ0v) is 11.2. The minimum Gasteiger partial charge on any atom is -0.246 e.